The number of rotatable bonds is 7. The highest BCUT2D eigenvalue weighted by Crippen LogP contribution is 2.30. The first-order valence-electron chi connectivity index (χ1n) is 12.3. The number of carbonyl (C=O) groups excluding carboxylic acids is 1. The first-order chi connectivity index (χ1) is 18.1. The number of pyridine rings is 1. The average molecular weight is 553 g/mol. The van der Waals surface area contributed by atoms with Gasteiger partial charge in [0.2, 0.25) is 0 Å². The van der Waals surface area contributed by atoms with Gasteiger partial charge in [-0.15, -0.1) is 0 Å². The summed E-state index contributed by atoms with van der Waals surface area (Å²) < 4.78 is 5.47. The van der Waals surface area contributed by atoms with Gasteiger partial charge < -0.3 is 41.1 Å². The molecule has 0 radical (unpaired) electrons. The van der Waals surface area contributed by atoms with Gasteiger partial charge in [-0.2, -0.15) is 0 Å². The SMILES string of the molecule is Nc1c(Cl)cc(C(=O)NCC2CCN(C3CCOCC3)CC2)c2ncccc12.O=C(O)C(O)C(O)C(=O)O. The van der Waals surface area contributed by atoms with Crippen LogP contribution in [0.5, 0.6) is 0 Å². The molecule has 12 nitrogen and oxygen atoms in total. The lowest BCUT2D eigenvalue weighted by atomic mass is 9.94. The molecule has 2 unspecified atom stereocenters. The third-order valence-corrected chi connectivity index (χ3v) is 7.15. The van der Waals surface area contributed by atoms with E-state index < -0.39 is 24.1 Å². The molecular formula is C25H33ClN4O8. The molecule has 1 aromatic heterocycles. The van der Waals surface area contributed by atoms with E-state index in [0.717, 1.165) is 52.0 Å². The predicted molar refractivity (Wildman–Crippen MR) is 139 cm³/mol. The molecule has 13 heteroatoms. The van der Waals surface area contributed by atoms with Gasteiger partial charge >= 0.3 is 11.9 Å². The zero-order valence-corrected chi connectivity index (χ0v) is 21.5. The number of benzene rings is 1. The normalized spacial score (nSPS) is 18.7. The number of carboxylic acid groups (broad SMARTS) is 2. The number of ether oxygens (including phenoxy) is 1. The second-order valence-electron chi connectivity index (χ2n) is 9.32. The van der Waals surface area contributed by atoms with Crippen molar-refractivity contribution in [1.29, 1.82) is 0 Å². The number of carbonyl (C=O) groups is 3. The molecule has 2 saturated heterocycles. The summed E-state index contributed by atoms with van der Waals surface area (Å²) in [5, 5.41) is 36.7. The predicted octanol–water partition coefficient (Wildman–Crippen LogP) is 0.969. The number of halogens is 1. The van der Waals surface area contributed by atoms with E-state index in [0.29, 0.717) is 45.7 Å². The highest BCUT2D eigenvalue weighted by atomic mass is 35.5. The maximum Gasteiger partial charge on any atom is 0.335 e. The summed E-state index contributed by atoms with van der Waals surface area (Å²) in [6.07, 6.45) is 1.63. The van der Waals surface area contributed by atoms with E-state index in [-0.39, 0.29) is 5.91 Å². The number of piperidine rings is 1. The first-order valence-corrected chi connectivity index (χ1v) is 12.7. The monoisotopic (exact) mass is 552 g/mol. The Kier molecular flexibility index (Phi) is 10.6. The third kappa shape index (κ3) is 7.51. The summed E-state index contributed by atoms with van der Waals surface area (Å²) in [4.78, 5) is 39.3. The molecule has 1 aromatic carbocycles. The van der Waals surface area contributed by atoms with E-state index in [9.17, 15) is 14.4 Å². The van der Waals surface area contributed by atoms with Gasteiger partial charge in [-0.1, -0.05) is 11.6 Å². The minimum atomic E-state index is -2.27. The molecule has 2 aliphatic rings. The fourth-order valence-corrected chi connectivity index (χ4v) is 4.80. The van der Waals surface area contributed by atoms with Gasteiger partial charge in [0.1, 0.15) is 0 Å². The number of aliphatic hydroxyl groups excluding tert-OH is 2. The fraction of sp³-hybridized carbons (Fsp3) is 0.520. The number of aromatic nitrogens is 1. The van der Waals surface area contributed by atoms with Crippen LogP contribution in [0.4, 0.5) is 5.69 Å². The van der Waals surface area contributed by atoms with Crippen LogP contribution in [-0.2, 0) is 14.3 Å². The zero-order chi connectivity index (χ0) is 27.8. The number of aliphatic hydroxyl groups is 2. The topological polar surface area (TPSA) is 196 Å². The van der Waals surface area contributed by atoms with Crippen LogP contribution in [0.3, 0.4) is 0 Å². The van der Waals surface area contributed by atoms with Crippen molar-refractivity contribution < 1.29 is 39.5 Å². The van der Waals surface area contributed by atoms with Crippen LogP contribution in [0.1, 0.15) is 36.0 Å². The molecule has 7 N–H and O–H groups in total. The second kappa shape index (κ2) is 13.7. The van der Waals surface area contributed by atoms with E-state index in [1.54, 1.807) is 18.3 Å². The van der Waals surface area contributed by atoms with Gasteiger partial charge in [-0.25, -0.2) is 9.59 Å². The van der Waals surface area contributed by atoms with Gasteiger partial charge in [0, 0.05) is 37.4 Å². The highest BCUT2D eigenvalue weighted by Gasteiger charge is 2.29. The van der Waals surface area contributed by atoms with Crippen LogP contribution in [0.25, 0.3) is 10.9 Å². The van der Waals surface area contributed by atoms with Crippen LogP contribution in [0, 0.1) is 5.92 Å². The second-order valence-corrected chi connectivity index (χ2v) is 9.73. The molecular weight excluding hydrogens is 520 g/mol. The number of likely N-dealkylation sites (tertiary alicyclic amines) is 1. The smallest absolute Gasteiger partial charge is 0.335 e. The highest BCUT2D eigenvalue weighted by molar-refractivity contribution is 6.35. The Bertz CT molecular complexity index is 1120. The fourth-order valence-electron chi connectivity index (χ4n) is 4.59. The molecule has 38 heavy (non-hydrogen) atoms. The van der Waals surface area contributed by atoms with E-state index in [4.69, 9.17) is 42.5 Å². The van der Waals surface area contributed by atoms with Crippen molar-refractivity contribution in [3.8, 4) is 0 Å². The number of nitrogens with one attached hydrogen (secondary N) is 1. The van der Waals surface area contributed by atoms with Gasteiger partial charge in [0.25, 0.3) is 5.91 Å². The molecule has 2 aromatic rings. The first kappa shape index (κ1) is 29.5. The molecule has 4 rings (SSSR count). The summed E-state index contributed by atoms with van der Waals surface area (Å²) in [6.45, 7) is 4.64. The Hall–Kier alpha value is -3.03. The largest absolute Gasteiger partial charge is 0.479 e. The number of fused-ring (bicyclic) bond motifs is 1. The lowest BCUT2D eigenvalue weighted by molar-refractivity contribution is -0.165. The number of nitrogens with two attached hydrogens (primary N) is 1. The molecule has 2 atom stereocenters. The van der Waals surface area contributed by atoms with Gasteiger partial charge in [0.15, 0.2) is 12.2 Å². The van der Waals surface area contributed by atoms with Crippen molar-refractivity contribution in [2.45, 2.75) is 43.9 Å². The number of nitrogen functional groups attached to an aromatic ring is 1. The van der Waals surface area contributed by atoms with Crippen molar-refractivity contribution in [3.05, 3.63) is 35.0 Å². The molecule has 0 bridgehead atoms. The van der Waals surface area contributed by atoms with E-state index in [1.807, 2.05) is 6.07 Å². The molecule has 3 heterocycles. The molecule has 208 valence electrons. The van der Waals surface area contributed by atoms with E-state index in [1.165, 1.54) is 0 Å². The molecule has 0 aliphatic carbocycles. The molecule has 0 spiro atoms. The van der Waals surface area contributed by atoms with Crippen molar-refractivity contribution in [1.82, 2.24) is 15.2 Å². The van der Waals surface area contributed by atoms with E-state index >= 15 is 0 Å². The van der Waals surface area contributed by atoms with Crippen molar-refractivity contribution in [2.24, 2.45) is 5.92 Å². The maximum absolute atomic E-state index is 12.8. The molecule has 1 amide bonds. The molecule has 0 saturated carbocycles. The van der Waals surface area contributed by atoms with Crippen LogP contribution in [0.15, 0.2) is 24.4 Å². The number of nitrogens with zero attached hydrogens (tertiary/aromatic N) is 2. The van der Waals surface area contributed by atoms with Crippen molar-refractivity contribution >= 4 is 46.0 Å². The van der Waals surface area contributed by atoms with Crippen molar-refractivity contribution in [2.75, 3.05) is 38.6 Å². The Morgan fingerprint density at radius 1 is 1.11 bits per heavy atom. The Balaban J connectivity index is 0.000000342. The maximum atomic E-state index is 12.8. The quantitative estimate of drug-likeness (QED) is 0.268. The van der Waals surface area contributed by atoms with Gasteiger partial charge in [-0.05, 0) is 62.9 Å². The lowest BCUT2D eigenvalue weighted by Gasteiger charge is -2.39. The average Bonchev–Trinajstić information content (AvgIpc) is 2.93. The minimum absolute atomic E-state index is 0.141. The Morgan fingerprint density at radius 3 is 2.29 bits per heavy atom. The van der Waals surface area contributed by atoms with Gasteiger partial charge in [-0.3, -0.25) is 9.78 Å². The zero-order valence-electron chi connectivity index (χ0n) is 20.8. The third-order valence-electron chi connectivity index (χ3n) is 6.84. The number of anilines is 1. The minimum Gasteiger partial charge on any atom is -0.479 e. The lowest BCUT2D eigenvalue weighted by Crippen LogP contribution is -2.45. The van der Waals surface area contributed by atoms with Crippen LogP contribution >= 0.6 is 11.6 Å². The number of amides is 1. The Morgan fingerprint density at radius 2 is 1.71 bits per heavy atom. The number of aliphatic carboxylic acids is 2. The summed E-state index contributed by atoms with van der Waals surface area (Å²) in [5.74, 6) is -3.18. The number of hydrogen-bond acceptors (Lipinski definition) is 9. The summed E-state index contributed by atoms with van der Waals surface area (Å²) in [5.41, 5.74) is 7.57. The van der Waals surface area contributed by atoms with Crippen LogP contribution in [-0.4, -0.2) is 99.3 Å². The van der Waals surface area contributed by atoms with E-state index in [2.05, 4.69) is 15.2 Å². The van der Waals surface area contributed by atoms with Gasteiger partial charge in [0.05, 0.1) is 21.8 Å². The Labute approximate surface area is 224 Å². The number of carboxylic acids is 2. The standard InChI is InChI=1S/C21H27ClN4O2.C4H6O6/c22-18-12-17(20-16(19(18)23)2-1-7-24-20)21(27)25-13-14-3-8-26(9-4-14)15-5-10-28-11-6-15;5-1(3(7)8)2(6)4(9)10/h1-2,7,12,14-15H,3-6,8-11,13,23H2,(H,25,27);1-2,5-6H,(H,7,8)(H,9,10). The summed E-state index contributed by atoms with van der Waals surface area (Å²) in [7, 11) is 0. The molecule has 2 aliphatic heterocycles. The molecule has 2 fully saturated rings. The van der Waals surface area contributed by atoms with Crippen molar-refractivity contribution in [3.63, 3.8) is 0 Å². The van der Waals surface area contributed by atoms with Crippen LogP contribution < -0.4 is 11.1 Å². The number of hydrogen-bond donors (Lipinski definition) is 6. The summed E-state index contributed by atoms with van der Waals surface area (Å²) in [6, 6.07) is 5.92. The summed E-state index contributed by atoms with van der Waals surface area (Å²) >= 11 is 6.23. The van der Waals surface area contributed by atoms with Crippen LogP contribution in [0.2, 0.25) is 5.02 Å².